The van der Waals surface area contributed by atoms with Gasteiger partial charge in [-0.15, -0.1) is 0 Å². The minimum Gasteiger partial charge on any atom is -0.469 e. The number of nitrogens with one attached hydrogen (secondary N) is 1. The number of carbonyl (C=O) groups is 4. The molecule has 1 aromatic heterocycles. The first-order valence-corrected chi connectivity index (χ1v) is 8.53. The molecule has 0 atom stereocenters. The van der Waals surface area contributed by atoms with Crippen LogP contribution in [0.15, 0.2) is 30.3 Å². The van der Waals surface area contributed by atoms with Crippen LogP contribution in [0.3, 0.4) is 0 Å². The molecule has 0 spiro atoms. The molecule has 1 heterocycles. The first-order chi connectivity index (χ1) is 13.5. The van der Waals surface area contributed by atoms with Crippen LogP contribution in [0, 0.1) is 0 Å². The van der Waals surface area contributed by atoms with Gasteiger partial charge in [0.1, 0.15) is 12.3 Å². The van der Waals surface area contributed by atoms with Gasteiger partial charge in [-0.2, -0.15) is 0 Å². The Balaban J connectivity index is 2.30. The van der Waals surface area contributed by atoms with Gasteiger partial charge in [-0.3, -0.25) is 14.4 Å². The molecule has 1 aromatic carbocycles. The molecule has 2 rings (SSSR count). The number of carbonyl (C=O) groups excluding carboxylic acids is 4. The highest BCUT2D eigenvalue weighted by Gasteiger charge is 2.25. The molecule has 0 bridgehead atoms. The maximum absolute atomic E-state index is 12.6. The molecule has 28 heavy (non-hydrogen) atoms. The number of aromatic nitrogens is 1. The zero-order chi connectivity index (χ0) is 20.5. The number of benzene rings is 1. The first kappa shape index (κ1) is 20.9. The number of aldehydes is 1. The Kier molecular flexibility index (Phi) is 7.50. The van der Waals surface area contributed by atoms with Gasteiger partial charge in [-0.05, 0) is 23.1 Å². The molecular weight excluding hydrogens is 366 g/mol. The van der Waals surface area contributed by atoms with Crippen molar-refractivity contribution in [1.82, 2.24) is 4.98 Å². The smallest absolute Gasteiger partial charge is 0.355 e. The van der Waals surface area contributed by atoms with Crippen molar-refractivity contribution < 1.29 is 33.4 Å². The van der Waals surface area contributed by atoms with Crippen molar-refractivity contribution in [3.05, 3.63) is 58.4 Å². The highest BCUT2D eigenvalue weighted by Crippen LogP contribution is 2.23. The molecule has 148 valence electrons. The van der Waals surface area contributed by atoms with E-state index in [1.807, 2.05) is 18.2 Å². The van der Waals surface area contributed by atoms with E-state index in [4.69, 9.17) is 4.74 Å². The number of H-pyrrole nitrogens is 1. The monoisotopic (exact) mass is 387 g/mol. The zero-order valence-electron chi connectivity index (χ0n) is 15.7. The Hall–Kier alpha value is -3.42. The standard InChI is InChI=1S/C20H21NO7/c1-26-17(23)9-8-14-15(10-18(24)27-2)19(21-16(14)11-22)20(25)28-12-13-6-4-3-5-7-13/h3-7,11,21H,8-10,12H2,1-2H3. The van der Waals surface area contributed by atoms with Crippen LogP contribution in [0.1, 0.15) is 44.1 Å². The molecule has 0 fully saturated rings. The molecule has 0 amide bonds. The fourth-order valence-electron chi connectivity index (χ4n) is 2.70. The first-order valence-electron chi connectivity index (χ1n) is 8.53. The highest BCUT2D eigenvalue weighted by molar-refractivity contribution is 5.94. The minimum absolute atomic E-state index is 0.0108. The number of ether oxygens (including phenoxy) is 3. The van der Waals surface area contributed by atoms with E-state index in [0.717, 1.165) is 5.56 Å². The average Bonchev–Trinajstić information content (AvgIpc) is 3.08. The Morgan fingerprint density at radius 1 is 1.00 bits per heavy atom. The molecule has 0 aliphatic rings. The summed E-state index contributed by atoms with van der Waals surface area (Å²) in [5, 5.41) is 0. The lowest BCUT2D eigenvalue weighted by Crippen LogP contribution is -2.13. The number of methoxy groups -OCH3 is 2. The minimum atomic E-state index is -0.713. The summed E-state index contributed by atoms with van der Waals surface area (Å²) in [5.41, 5.74) is 1.55. The summed E-state index contributed by atoms with van der Waals surface area (Å²) in [6.07, 6.45) is 0.395. The second-order valence-electron chi connectivity index (χ2n) is 5.88. The number of esters is 3. The van der Waals surface area contributed by atoms with Crippen molar-refractivity contribution >= 4 is 24.2 Å². The van der Waals surface area contributed by atoms with Crippen molar-refractivity contribution in [3.63, 3.8) is 0 Å². The number of rotatable bonds is 9. The van der Waals surface area contributed by atoms with Crippen LogP contribution in [-0.2, 0) is 43.2 Å². The van der Waals surface area contributed by atoms with E-state index in [-0.39, 0.29) is 42.8 Å². The molecule has 8 heteroatoms. The second-order valence-corrected chi connectivity index (χ2v) is 5.88. The molecule has 0 saturated carbocycles. The van der Waals surface area contributed by atoms with Crippen molar-refractivity contribution in [2.24, 2.45) is 0 Å². The van der Waals surface area contributed by atoms with Gasteiger partial charge < -0.3 is 19.2 Å². The van der Waals surface area contributed by atoms with Gasteiger partial charge in [-0.25, -0.2) is 4.79 Å². The van der Waals surface area contributed by atoms with Crippen LogP contribution in [-0.4, -0.2) is 43.4 Å². The summed E-state index contributed by atoms with van der Waals surface area (Å²) in [5.74, 6) is -1.78. The highest BCUT2D eigenvalue weighted by atomic mass is 16.5. The quantitative estimate of drug-likeness (QED) is 0.398. The fraction of sp³-hybridized carbons (Fsp3) is 0.300. The Morgan fingerprint density at radius 2 is 1.68 bits per heavy atom. The number of aromatic amines is 1. The molecule has 0 saturated heterocycles. The van der Waals surface area contributed by atoms with Gasteiger partial charge in [0, 0.05) is 6.42 Å². The van der Waals surface area contributed by atoms with Gasteiger partial charge in [-0.1, -0.05) is 30.3 Å². The summed E-state index contributed by atoms with van der Waals surface area (Å²) in [6.45, 7) is 0.0320. The third-order valence-corrected chi connectivity index (χ3v) is 4.14. The van der Waals surface area contributed by atoms with E-state index in [1.165, 1.54) is 14.2 Å². The zero-order valence-corrected chi connectivity index (χ0v) is 15.7. The van der Waals surface area contributed by atoms with E-state index in [0.29, 0.717) is 11.8 Å². The molecule has 1 N–H and O–H groups in total. The van der Waals surface area contributed by atoms with Gasteiger partial charge >= 0.3 is 17.9 Å². The predicted octanol–water partition coefficient (Wildman–Crippen LogP) is 2.01. The third-order valence-electron chi connectivity index (χ3n) is 4.14. The van der Waals surface area contributed by atoms with Crippen LogP contribution in [0.2, 0.25) is 0 Å². The summed E-state index contributed by atoms with van der Waals surface area (Å²) in [7, 11) is 2.47. The Labute approximate surface area is 161 Å². The Bertz CT molecular complexity index is 855. The van der Waals surface area contributed by atoms with Crippen molar-refractivity contribution in [2.75, 3.05) is 14.2 Å². The number of hydrogen-bond acceptors (Lipinski definition) is 7. The van der Waals surface area contributed by atoms with Crippen molar-refractivity contribution in [3.8, 4) is 0 Å². The third kappa shape index (κ3) is 5.29. The van der Waals surface area contributed by atoms with Gasteiger partial charge in [0.25, 0.3) is 0 Å². The van der Waals surface area contributed by atoms with Crippen molar-refractivity contribution in [2.45, 2.75) is 25.9 Å². The van der Waals surface area contributed by atoms with E-state index >= 15 is 0 Å². The summed E-state index contributed by atoms with van der Waals surface area (Å²) >= 11 is 0. The van der Waals surface area contributed by atoms with E-state index in [1.54, 1.807) is 12.1 Å². The lowest BCUT2D eigenvalue weighted by Gasteiger charge is -2.08. The SMILES string of the molecule is COC(=O)CCc1c(C=O)[nH]c(C(=O)OCc2ccccc2)c1CC(=O)OC. The topological polar surface area (TPSA) is 112 Å². The summed E-state index contributed by atoms with van der Waals surface area (Å²) < 4.78 is 14.6. The van der Waals surface area contributed by atoms with Gasteiger partial charge in [0.05, 0.1) is 26.3 Å². The van der Waals surface area contributed by atoms with Crippen LogP contribution in [0.5, 0.6) is 0 Å². The summed E-state index contributed by atoms with van der Waals surface area (Å²) in [4.78, 5) is 50.0. The van der Waals surface area contributed by atoms with Gasteiger partial charge in [0.2, 0.25) is 0 Å². The second kappa shape index (κ2) is 10.1. The molecule has 0 radical (unpaired) electrons. The lowest BCUT2D eigenvalue weighted by molar-refractivity contribution is -0.141. The molecule has 2 aromatic rings. The molecule has 0 aliphatic carbocycles. The average molecular weight is 387 g/mol. The predicted molar refractivity (Wildman–Crippen MR) is 97.8 cm³/mol. The largest absolute Gasteiger partial charge is 0.469 e. The lowest BCUT2D eigenvalue weighted by atomic mass is 10.0. The van der Waals surface area contributed by atoms with E-state index in [9.17, 15) is 19.2 Å². The maximum Gasteiger partial charge on any atom is 0.355 e. The normalized spacial score (nSPS) is 10.2. The number of hydrogen-bond donors (Lipinski definition) is 1. The molecule has 8 nitrogen and oxygen atoms in total. The maximum atomic E-state index is 12.6. The van der Waals surface area contributed by atoms with Crippen LogP contribution in [0.4, 0.5) is 0 Å². The Morgan fingerprint density at radius 3 is 2.29 bits per heavy atom. The van der Waals surface area contributed by atoms with E-state index in [2.05, 4.69) is 14.5 Å². The van der Waals surface area contributed by atoms with Crippen LogP contribution >= 0.6 is 0 Å². The van der Waals surface area contributed by atoms with Gasteiger partial charge in [0.15, 0.2) is 6.29 Å². The molecular formula is C20H21NO7. The van der Waals surface area contributed by atoms with E-state index < -0.39 is 17.9 Å². The fourth-order valence-corrected chi connectivity index (χ4v) is 2.70. The molecule has 0 aliphatic heterocycles. The molecule has 0 unspecified atom stereocenters. The van der Waals surface area contributed by atoms with Crippen LogP contribution < -0.4 is 0 Å². The van der Waals surface area contributed by atoms with Crippen LogP contribution in [0.25, 0.3) is 0 Å². The summed E-state index contributed by atoms with van der Waals surface area (Å²) in [6, 6.07) is 9.08. The van der Waals surface area contributed by atoms with Crippen molar-refractivity contribution in [1.29, 1.82) is 0 Å².